The van der Waals surface area contributed by atoms with E-state index < -0.39 is 0 Å². The Balaban J connectivity index is 2.64. The summed E-state index contributed by atoms with van der Waals surface area (Å²) in [6.07, 6.45) is 0. The fourth-order valence-corrected chi connectivity index (χ4v) is 1.89. The van der Waals surface area contributed by atoms with Crippen molar-refractivity contribution < 1.29 is 4.79 Å². The number of amides is 1. The van der Waals surface area contributed by atoms with Crippen molar-refractivity contribution in [3.05, 3.63) is 34.3 Å². The molecule has 1 aromatic rings. The highest BCUT2D eigenvalue weighted by atomic mass is 79.9. The number of rotatable bonds is 4. The molecule has 0 heterocycles. The molecule has 1 rings (SSSR count). The summed E-state index contributed by atoms with van der Waals surface area (Å²) in [4.78, 5) is 13.5. The van der Waals surface area contributed by atoms with Crippen LogP contribution in [0.5, 0.6) is 0 Å². The number of nitrogens with one attached hydrogen (secondary N) is 1. The van der Waals surface area contributed by atoms with Gasteiger partial charge in [0.15, 0.2) is 0 Å². The minimum atomic E-state index is -0.142. The standard InChI is InChI=1S/C12H17BrN2O/c1-9(14-2)12(16)15(3)8-10-5-4-6-11(13)7-10/h4-7,9,14H,8H2,1-3H3. The van der Waals surface area contributed by atoms with Crippen LogP contribution in [0.2, 0.25) is 0 Å². The highest BCUT2D eigenvalue weighted by Gasteiger charge is 2.15. The molecular weight excluding hydrogens is 268 g/mol. The molecular formula is C12H17BrN2O. The van der Waals surface area contributed by atoms with E-state index in [1.807, 2.05) is 38.2 Å². The molecule has 88 valence electrons. The van der Waals surface area contributed by atoms with E-state index in [0.717, 1.165) is 10.0 Å². The van der Waals surface area contributed by atoms with Crippen LogP contribution in [-0.2, 0) is 11.3 Å². The minimum absolute atomic E-state index is 0.0995. The lowest BCUT2D eigenvalue weighted by Gasteiger charge is -2.21. The van der Waals surface area contributed by atoms with Crippen molar-refractivity contribution >= 4 is 21.8 Å². The highest BCUT2D eigenvalue weighted by Crippen LogP contribution is 2.13. The van der Waals surface area contributed by atoms with Gasteiger partial charge < -0.3 is 10.2 Å². The molecule has 0 bridgehead atoms. The molecule has 3 nitrogen and oxygen atoms in total. The molecule has 1 N–H and O–H groups in total. The molecule has 1 aromatic carbocycles. The SMILES string of the molecule is CNC(C)C(=O)N(C)Cc1cccc(Br)c1. The summed E-state index contributed by atoms with van der Waals surface area (Å²) >= 11 is 3.42. The third kappa shape index (κ3) is 3.61. The van der Waals surface area contributed by atoms with Gasteiger partial charge in [0.2, 0.25) is 5.91 Å². The maximum Gasteiger partial charge on any atom is 0.239 e. The van der Waals surface area contributed by atoms with Crippen molar-refractivity contribution in [1.29, 1.82) is 0 Å². The van der Waals surface area contributed by atoms with Gasteiger partial charge in [0.25, 0.3) is 0 Å². The van der Waals surface area contributed by atoms with Crippen molar-refractivity contribution in [3.8, 4) is 0 Å². The Morgan fingerprint density at radius 3 is 2.81 bits per heavy atom. The van der Waals surface area contributed by atoms with Gasteiger partial charge >= 0.3 is 0 Å². The molecule has 1 unspecified atom stereocenters. The Bertz CT molecular complexity index is 368. The Labute approximate surface area is 105 Å². The van der Waals surface area contributed by atoms with Crippen LogP contribution >= 0.6 is 15.9 Å². The van der Waals surface area contributed by atoms with Crippen molar-refractivity contribution in [2.75, 3.05) is 14.1 Å². The summed E-state index contributed by atoms with van der Waals surface area (Å²) in [6, 6.07) is 7.84. The van der Waals surface area contributed by atoms with E-state index in [1.165, 1.54) is 0 Å². The van der Waals surface area contributed by atoms with E-state index in [4.69, 9.17) is 0 Å². The maximum absolute atomic E-state index is 11.8. The monoisotopic (exact) mass is 284 g/mol. The Kier molecular flexibility index (Phi) is 4.96. The zero-order chi connectivity index (χ0) is 12.1. The number of likely N-dealkylation sites (N-methyl/N-ethyl adjacent to an activating group) is 2. The molecule has 0 saturated heterocycles. The zero-order valence-corrected chi connectivity index (χ0v) is 11.4. The largest absolute Gasteiger partial charge is 0.340 e. The van der Waals surface area contributed by atoms with Crippen LogP contribution in [-0.4, -0.2) is 30.9 Å². The first-order valence-corrected chi connectivity index (χ1v) is 6.00. The predicted octanol–water partition coefficient (Wildman–Crippen LogP) is 2.02. The van der Waals surface area contributed by atoms with E-state index in [0.29, 0.717) is 6.54 Å². The average molecular weight is 285 g/mol. The summed E-state index contributed by atoms with van der Waals surface area (Å²) in [6.45, 7) is 2.49. The number of carbonyl (C=O) groups is 1. The molecule has 0 aromatic heterocycles. The molecule has 0 radical (unpaired) electrons. The second kappa shape index (κ2) is 6.01. The fraction of sp³-hybridized carbons (Fsp3) is 0.417. The van der Waals surface area contributed by atoms with E-state index in [9.17, 15) is 4.79 Å². The lowest BCUT2D eigenvalue weighted by Crippen LogP contribution is -2.41. The molecule has 1 amide bonds. The first-order valence-electron chi connectivity index (χ1n) is 5.21. The van der Waals surface area contributed by atoms with E-state index >= 15 is 0 Å². The molecule has 4 heteroatoms. The van der Waals surface area contributed by atoms with Gasteiger partial charge in [0.05, 0.1) is 6.04 Å². The lowest BCUT2D eigenvalue weighted by molar-refractivity contribution is -0.132. The number of hydrogen-bond donors (Lipinski definition) is 1. The van der Waals surface area contributed by atoms with Gasteiger partial charge in [0, 0.05) is 18.1 Å². The van der Waals surface area contributed by atoms with Crippen LogP contribution in [0, 0.1) is 0 Å². The summed E-state index contributed by atoms with van der Waals surface area (Å²) in [7, 11) is 3.60. The topological polar surface area (TPSA) is 32.3 Å². The number of carbonyl (C=O) groups excluding carboxylic acids is 1. The highest BCUT2D eigenvalue weighted by molar-refractivity contribution is 9.10. The normalized spacial score (nSPS) is 12.2. The maximum atomic E-state index is 11.8. The third-order valence-corrected chi connectivity index (χ3v) is 2.98. The van der Waals surface area contributed by atoms with Gasteiger partial charge in [-0.25, -0.2) is 0 Å². The summed E-state index contributed by atoms with van der Waals surface area (Å²) in [5, 5.41) is 2.94. The number of hydrogen-bond acceptors (Lipinski definition) is 2. The minimum Gasteiger partial charge on any atom is -0.340 e. The van der Waals surface area contributed by atoms with Gasteiger partial charge in [0.1, 0.15) is 0 Å². The zero-order valence-electron chi connectivity index (χ0n) is 9.83. The second-order valence-corrected chi connectivity index (χ2v) is 4.75. The lowest BCUT2D eigenvalue weighted by atomic mass is 10.2. The van der Waals surface area contributed by atoms with Crippen LogP contribution in [0.4, 0.5) is 0 Å². The molecule has 0 spiro atoms. The number of nitrogens with zero attached hydrogens (tertiary/aromatic N) is 1. The van der Waals surface area contributed by atoms with Crippen molar-refractivity contribution in [3.63, 3.8) is 0 Å². The van der Waals surface area contributed by atoms with E-state index in [1.54, 1.807) is 11.9 Å². The third-order valence-electron chi connectivity index (χ3n) is 2.49. The first-order chi connectivity index (χ1) is 7.54. The van der Waals surface area contributed by atoms with Crippen LogP contribution in [0.15, 0.2) is 28.7 Å². The summed E-state index contributed by atoms with van der Waals surface area (Å²) < 4.78 is 1.03. The van der Waals surface area contributed by atoms with Gasteiger partial charge in [-0.3, -0.25) is 4.79 Å². The van der Waals surface area contributed by atoms with Crippen LogP contribution in [0.3, 0.4) is 0 Å². The molecule has 0 saturated carbocycles. The van der Waals surface area contributed by atoms with Crippen molar-refractivity contribution in [2.24, 2.45) is 0 Å². The molecule has 0 aliphatic rings. The number of halogens is 1. The average Bonchev–Trinajstić information content (AvgIpc) is 2.27. The molecule has 0 fully saturated rings. The van der Waals surface area contributed by atoms with E-state index in [2.05, 4.69) is 21.2 Å². The molecule has 0 aliphatic heterocycles. The fourth-order valence-electron chi connectivity index (χ4n) is 1.44. The van der Waals surface area contributed by atoms with Crippen LogP contribution in [0.25, 0.3) is 0 Å². The summed E-state index contributed by atoms with van der Waals surface area (Å²) in [5.41, 5.74) is 1.12. The van der Waals surface area contributed by atoms with Crippen LogP contribution in [0.1, 0.15) is 12.5 Å². The Morgan fingerprint density at radius 1 is 1.56 bits per heavy atom. The van der Waals surface area contributed by atoms with Crippen molar-refractivity contribution in [2.45, 2.75) is 19.5 Å². The van der Waals surface area contributed by atoms with Gasteiger partial charge in [-0.15, -0.1) is 0 Å². The van der Waals surface area contributed by atoms with E-state index in [-0.39, 0.29) is 11.9 Å². The van der Waals surface area contributed by atoms with Crippen LogP contribution < -0.4 is 5.32 Å². The van der Waals surface area contributed by atoms with Gasteiger partial charge in [-0.2, -0.15) is 0 Å². The predicted molar refractivity (Wildman–Crippen MR) is 69.1 cm³/mol. The molecule has 16 heavy (non-hydrogen) atoms. The van der Waals surface area contributed by atoms with Crippen molar-refractivity contribution in [1.82, 2.24) is 10.2 Å². The molecule has 0 aliphatic carbocycles. The number of benzene rings is 1. The smallest absolute Gasteiger partial charge is 0.239 e. The quantitative estimate of drug-likeness (QED) is 0.918. The second-order valence-electron chi connectivity index (χ2n) is 3.83. The first kappa shape index (κ1) is 13.2. The Morgan fingerprint density at radius 2 is 2.25 bits per heavy atom. The molecule has 1 atom stereocenters. The summed E-state index contributed by atoms with van der Waals surface area (Å²) in [5.74, 6) is 0.0995. The Hall–Kier alpha value is -0.870. The van der Waals surface area contributed by atoms with Gasteiger partial charge in [-0.1, -0.05) is 28.1 Å². The van der Waals surface area contributed by atoms with Gasteiger partial charge in [-0.05, 0) is 31.7 Å².